The Morgan fingerprint density at radius 3 is 2.83 bits per heavy atom. The number of carbonyl (C=O) groups is 1. The fraction of sp³-hybridized carbons (Fsp3) is 0.692. The summed E-state index contributed by atoms with van der Waals surface area (Å²) in [5.74, 6) is 0.695. The second-order valence-electron chi connectivity index (χ2n) is 5.38. The van der Waals surface area contributed by atoms with Crippen molar-refractivity contribution in [3.63, 3.8) is 0 Å². The van der Waals surface area contributed by atoms with E-state index in [9.17, 15) is 4.79 Å². The van der Waals surface area contributed by atoms with E-state index in [1.54, 1.807) is 6.92 Å². The van der Waals surface area contributed by atoms with Crippen molar-refractivity contribution < 1.29 is 9.32 Å². The van der Waals surface area contributed by atoms with Crippen LogP contribution in [-0.4, -0.2) is 41.1 Å². The topological polar surface area (TPSA) is 58.4 Å². The standard InChI is InChI=1S/C13H19N3O2/c1-8-12(9(2)18-15-8)13(17)16-6-5-10-3-4-11(7-16)14-10/h10-11,14H,3-7H2,1-2H3. The number of hydrogen-bond donors (Lipinski definition) is 1. The average Bonchev–Trinajstić information content (AvgIpc) is 2.82. The van der Waals surface area contributed by atoms with Crippen molar-refractivity contribution >= 4 is 5.91 Å². The summed E-state index contributed by atoms with van der Waals surface area (Å²) in [5, 5.41) is 7.44. The molecular formula is C13H19N3O2. The molecule has 2 fully saturated rings. The van der Waals surface area contributed by atoms with Crippen LogP contribution in [0, 0.1) is 13.8 Å². The molecule has 2 aliphatic rings. The first kappa shape index (κ1) is 11.7. The van der Waals surface area contributed by atoms with Crippen molar-refractivity contribution in [3.8, 4) is 0 Å². The third-order valence-corrected chi connectivity index (χ3v) is 4.06. The molecule has 0 aromatic carbocycles. The number of likely N-dealkylation sites (tertiary alicyclic amines) is 1. The van der Waals surface area contributed by atoms with Gasteiger partial charge in [0, 0.05) is 25.2 Å². The van der Waals surface area contributed by atoms with E-state index in [0.717, 1.165) is 19.5 Å². The van der Waals surface area contributed by atoms with Crippen LogP contribution in [0.3, 0.4) is 0 Å². The molecule has 2 saturated heterocycles. The lowest BCUT2D eigenvalue weighted by Gasteiger charge is -2.24. The van der Waals surface area contributed by atoms with E-state index in [2.05, 4.69) is 10.5 Å². The lowest BCUT2D eigenvalue weighted by Crippen LogP contribution is -2.39. The molecule has 1 amide bonds. The van der Waals surface area contributed by atoms with Crippen molar-refractivity contribution in [1.29, 1.82) is 0 Å². The molecule has 1 aromatic heterocycles. The molecule has 2 atom stereocenters. The number of fused-ring (bicyclic) bond motifs is 2. The van der Waals surface area contributed by atoms with Crippen LogP contribution < -0.4 is 5.32 Å². The van der Waals surface area contributed by atoms with E-state index >= 15 is 0 Å². The Morgan fingerprint density at radius 1 is 1.33 bits per heavy atom. The minimum atomic E-state index is 0.0700. The van der Waals surface area contributed by atoms with Crippen molar-refractivity contribution in [3.05, 3.63) is 17.0 Å². The number of aromatic nitrogens is 1. The lowest BCUT2D eigenvalue weighted by molar-refractivity contribution is 0.0746. The summed E-state index contributed by atoms with van der Waals surface area (Å²) in [6.07, 6.45) is 3.47. The first-order valence-electron chi connectivity index (χ1n) is 6.63. The highest BCUT2D eigenvalue weighted by Gasteiger charge is 2.33. The van der Waals surface area contributed by atoms with Gasteiger partial charge >= 0.3 is 0 Å². The predicted molar refractivity (Wildman–Crippen MR) is 66.4 cm³/mol. The van der Waals surface area contributed by atoms with E-state index in [-0.39, 0.29) is 5.91 Å². The highest BCUT2D eigenvalue weighted by molar-refractivity contribution is 5.96. The van der Waals surface area contributed by atoms with Crippen LogP contribution >= 0.6 is 0 Å². The number of rotatable bonds is 1. The molecule has 1 aromatic rings. The van der Waals surface area contributed by atoms with Gasteiger partial charge in [-0.25, -0.2) is 0 Å². The fourth-order valence-corrected chi connectivity index (χ4v) is 3.07. The Bertz CT molecular complexity index is 449. The van der Waals surface area contributed by atoms with Gasteiger partial charge in [-0.05, 0) is 33.1 Å². The van der Waals surface area contributed by atoms with Gasteiger partial charge in [0.25, 0.3) is 5.91 Å². The molecule has 18 heavy (non-hydrogen) atoms. The number of hydrogen-bond acceptors (Lipinski definition) is 4. The third-order valence-electron chi connectivity index (χ3n) is 4.06. The van der Waals surface area contributed by atoms with E-state index < -0.39 is 0 Å². The van der Waals surface area contributed by atoms with Crippen LogP contribution in [0.15, 0.2) is 4.52 Å². The van der Waals surface area contributed by atoms with Crippen LogP contribution in [0.25, 0.3) is 0 Å². The molecule has 5 nitrogen and oxygen atoms in total. The second kappa shape index (κ2) is 4.39. The maximum atomic E-state index is 12.5. The van der Waals surface area contributed by atoms with Crippen molar-refractivity contribution in [2.24, 2.45) is 0 Å². The van der Waals surface area contributed by atoms with Crippen LogP contribution in [0.1, 0.15) is 41.1 Å². The Hall–Kier alpha value is -1.36. The van der Waals surface area contributed by atoms with Gasteiger partial charge in [-0.1, -0.05) is 5.16 Å². The molecule has 0 aliphatic carbocycles. The summed E-state index contributed by atoms with van der Waals surface area (Å²) < 4.78 is 5.09. The second-order valence-corrected chi connectivity index (χ2v) is 5.38. The molecule has 98 valence electrons. The zero-order valence-electron chi connectivity index (χ0n) is 10.9. The largest absolute Gasteiger partial charge is 0.361 e. The van der Waals surface area contributed by atoms with Gasteiger partial charge in [0.15, 0.2) is 0 Å². The van der Waals surface area contributed by atoms with Crippen molar-refractivity contribution in [2.75, 3.05) is 13.1 Å². The summed E-state index contributed by atoms with van der Waals surface area (Å²) in [7, 11) is 0. The monoisotopic (exact) mass is 249 g/mol. The predicted octanol–water partition coefficient (Wildman–Crippen LogP) is 1.26. The molecule has 2 bridgehead atoms. The maximum absolute atomic E-state index is 12.5. The van der Waals surface area contributed by atoms with Gasteiger partial charge in [0.05, 0.1) is 5.69 Å². The van der Waals surface area contributed by atoms with Gasteiger partial charge in [0.1, 0.15) is 11.3 Å². The van der Waals surface area contributed by atoms with E-state index in [1.807, 2.05) is 11.8 Å². The SMILES string of the molecule is Cc1noc(C)c1C(=O)N1CCC2CCC(C1)N2. The van der Waals surface area contributed by atoms with E-state index in [0.29, 0.717) is 29.1 Å². The summed E-state index contributed by atoms with van der Waals surface area (Å²) in [6, 6.07) is 1.05. The molecule has 3 heterocycles. The van der Waals surface area contributed by atoms with Crippen molar-refractivity contribution in [2.45, 2.75) is 45.2 Å². The summed E-state index contributed by atoms with van der Waals surface area (Å²) in [4.78, 5) is 14.5. The molecule has 0 spiro atoms. The van der Waals surface area contributed by atoms with Crippen LogP contribution in [0.4, 0.5) is 0 Å². The third kappa shape index (κ3) is 1.92. The zero-order valence-corrected chi connectivity index (χ0v) is 10.9. The highest BCUT2D eigenvalue weighted by atomic mass is 16.5. The van der Waals surface area contributed by atoms with Gasteiger partial charge in [-0.15, -0.1) is 0 Å². The molecule has 2 unspecified atom stereocenters. The molecule has 0 radical (unpaired) electrons. The highest BCUT2D eigenvalue weighted by Crippen LogP contribution is 2.23. The average molecular weight is 249 g/mol. The van der Waals surface area contributed by atoms with Crippen LogP contribution in [-0.2, 0) is 0 Å². The number of nitrogens with zero attached hydrogens (tertiary/aromatic N) is 2. The Balaban J connectivity index is 1.80. The van der Waals surface area contributed by atoms with Gasteiger partial charge in [-0.3, -0.25) is 4.79 Å². The molecule has 0 saturated carbocycles. The van der Waals surface area contributed by atoms with E-state index in [4.69, 9.17) is 4.52 Å². The summed E-state index contributed by atoms with van der Waals surface area (Å²) >= 11 is 0. The minimum absolute atomic E-state index is 0.0700. The number of carbonyl (C=O) groups excluding carboxylic acids is 1. The van der Waals surface area contributed by atoms with Gasteiger partial charge in [-0.2, -0.15) is 0 Å². The van der Waals surface area contributed by atoms with Crippen molar-refractivity contribution in [1.82, 2.24) is 15.4 Å². The number of nitrogens with one attached hydrogen (secondary N) is 1. The summed E-state index contributed by atoms with van der Waals surface area (Å²) in [5.41, 5.74) is 1.34. The first-order valence-corrected chi connectivity index (χ1v) is 6.63. The number of amides is 1. The molecule has 5 heteroatoms. The van der Waals surface area contributed by atoms with Gasteiger partial charge in [0.2, 0.25) is 0 Å². The Morgan fingerprint density at radius 2 is 2.11 bits per heavy atom. The Kier molecular flexibility index (Phi) is 2.86. The molecule has 1 N–H and O–H groups in total. The number of aryl methyl sites for hydroxylation is 2. The normalized spacial score (nSPS) is 27.3. The van der Waals surface area contributed by atoms with Crippen LogP contribution in [0.2, 0.25) is 0 Å². The van der Waals surface area contributed by atoms with Crippen LogP contribution in [0.5, 0.6) is 0 Å². The molecular weight excluding hydrogens is 230 g/mol. The molecule has 2 aliphatic heterocycles. The van der Waals surface area contributed by atoms with E-state index in [1.165, 1.54) is 12.8 Å². The minimum Gasteiger partial charge on any atom is -0.361 e. The smallest absolute Gasteiger partial charge is 0.259 e. The van der Waals surface area contributed by atoms with Gasteiger partial charge < -0.3 is 14.7 Å². The molecule has 3 rings (SSSR count). The quantitative estimate of drug-likeness (QED) is 0.814. The summed E-state index contributed by atoms with van der Waals surface area (Å²) in [6.45, 7) is 5.26. The maximum Gasteiger partial charge on any atom is 0.259 e. The zero-order chi connectivity index (χ0) is 12.7. The first-order chi connectivity index (χ1) is 8.65. The fourth-order valence-electron chi connectivity index (χ4n) is 3.07. The Labute approximate surface area is 107 Å². The lowest BCUT2D eigenvalue weighted by atomic mass is 10.1.